The van der Waals surface area contributed by atoms with E-state index < -0.39 is 10.0 Å². The van der Waals surface area contributed by atoms with Crippen molar-refractivity contribution < 1.29 is 18.0 Å². The van der Waals surface area contributed by atoms with Crippen LogP contribution in [0.4, 0.5) is 0 Å². The molecule has 9 heteroatoms. The number of hydrogen-bond donors (Lipinski definition) is 0. The maximum atomic E-state index is 12.4. The van der Waals surface area contributed by atoms with Crippen molar-refractivity contribution in [2.75, 3.05) is 28.3 Å². The van der Waals surface area contributed by atoms with Crippen LogP contribution in [0.1, 0.15) is 15.2 Å². The molecule has 1 heterocycles. The SMILES string of the molecule is CON(C)C(=O)c1cc(C)c(-c2cccc(-c3ccc(S(=O)(=O)N=CN(C)C)cc3)c2)s1. The van der Waals surface area contributed by atoms with Gasteiger partial charge in [-0.05, 0) is 53.4 Å². The van der Waals surface area contributed by atoms with Gasteiger partial charge in [0.25, 0.3) is 15.9 Å². The van der Waals surface area contributed by atoms with Crippen molar-refractivity contribution in [2.45, 2.75) is 11.8 Å². The first-order valence-corrected chi connectivity index (χ1v) is 12.0. The Bertz CT molecular complexity index is 1250. The van der Waals surface area contributed by atoms with Crippen LogP contribution < -0.4 is 0 Å². The smallest absolute Gasteiger partial charge is 0.287 e. The van der Waals surface area contributed by atoms with Crippen LogP contribution >= 0.6 is 11.3 Å². The second kappa shape index (κ2) is 9.64. The number of thiophene rings is 1. The van der Waals surface area contributed by atoms with Gasteiger partial charge < -0.3 is 4.90 Å². The average molecular weight is 472 g/mol. The number of hydroxylamine groups is 2. The van der Waals surface area contributed by atoms with Crippen LogP contribution in [0.3, 0.4) is 0 Å². The van der Waals surface area contributed by atoms with Crippen molar-refractivity contribution in [3.05, 3.63) is 65.0 Å². The molecule has 0 aliphatic rings. The quantitative estimate of drug-likeness (QED) is 0.292. The van der Waals surface area contributed by atoms with E-state index in [0.717, 1.165) is 27.1 Å². The maximum absolute atomic E-state index is 12.4. The largest absolute Gasteiger partial charge is 0.368 e. The lowest BCUT2D eigenvalue weighted by molar-refractivity contribution is -0.0753. The van der Waals surface area contributed by atoms with Gasteiger partial charge in [0, 0.05) is 26.0 Å². The summed E-state index contributed by atoms with van der Waals surface area (Å²) in [6, 6.07) is 16.4. The highest BCUT2D eigenvalue weighted by Gasteiger charge is 2.18. The lowest BCUT2D eigenvalue weighted by Crippen LogP contribution is -2.24. The predicted octanol–water partition coefficient (Wildman–Crippen LogP) is 4.30. The zero-order valence-electron chi connectivity index (χ0n) is 18.6. The normalized spacial score (nSPS) is 11.7. The number of amides is 1. The molecule has 7 nitrogen and oxygen atoms in total. The zero-order valence-corrected chi connectivity index (χ0v) is 20.2. The van der Waals surface area contributed by atoms with Crippen molar-refractivity contribution in [1.29, 1.82) is 0 Å². The summed E-state index contributed by atoms with van der Waals surface area (Å²) in [5.74, 6) is -0.197. The van der Waals surface area contributed by atoms with Gasteiger partial charge in [0.1, 0.15) is 6.34 Å². The number of rotatable bonds is 7. The van der Waals surface area contributed by atoms with Gasteiger partial charge in [-0.15, -0.1) is 15.7 Å². The Hall–Kier alpha value is -3.01. The molecular weight excluding hydrogens is 446 g/mol. The summed E-state index contributed by atoms with van der Waals surface area (Å²) in [7, 11) is 2.70. The van der Waals surface area contributed by atoms with Crippen molar-refractivity contribution in [1.82, 2.24) is 9.96 Å². The molecule has 168 valence electrons. The first-order chi connectivity index (χ1) is 15.1. The molecule has 2 aromatic carbocycles. The standard InChI is InChI=1S/C23H25N3O4S2/c1-16-13-21(23(27)26(4)30-5)31-22(16)19-8-6-7-18(14-19)17-9-11-20(12-10-17)32(28,29)24-15-25(2)3/h6-15H,1-5H3. The number of aryl methyl sites for hydroxylation is 1. The summed E-state index contributed by atoms with van der Waals surface area (Å²) in [6.45, 7) is 1.97. The topological polar surface area (TPSA) is 79.3 Å². The van der Waals surface area contributed by atoms with Gasteiger partial charge in [-0.1, -0.05) is 30.3 Å². The molecule has 0 aliphatic heterocycles. The molecule has 0 atom stereocenters. The van der Waals surface area contributed by atoms with E-state index in [4.69, 9.17) is 4.84 Å². The molecule has 1 amide bonds. The summed E-state index contributed by atoms with van der Waals surface area (Å²) in [5.41, 5.74) is 3.81. The summed E-state index contributed by atoms with van der Waals surface area (Å²) >= 11 is 1.41. The molecule has 0 aliphatic carbocycles. The highest BCUT2D eigenvalue weighted by atomic mass is 32.2. The van der Waals surface area contributed by atoms with Gasteiger partial charge >= 0.3 is 0 Å². The Morgan fingerprint density at radius 3 is 2.28 bits per heavy atom. The van der Waals surface area contributed by atoms with Gasteiger partial charge in [0.15, 0.2) is 0 Å². The second-order valence-electron chi connectivity index (χ2n) is 7.37. The van der Waals surface area contributed by atoms with E-state index in [1.54, 1.807) is 50.3 Å². The van der Waals surface area contributed by atoms with Crippen LogP contribution in [-0.4, -0.2) is 58.9 Å². The maximum Gasteiger partial charge on any atom is 0.287 e. The molecule has 0 N–H and O–H groups in total. The van der Waals surface area contributed by atoms with Crippen molar-refractivity contribution in [3.63, 3.8) is 0 Å². The van der Waals surface area contributed by atoms with Crippen LogP contribution in [0.15, 0.2) is 63.9 Å². The fraction of sp³-hybridized carbons (Fsp3) is 0.217. The van der Waals surface area contributed by atoms with Crippen LogP contribution in [-0.2, 0) is 14.9 Å². The molecule has 0 fully saturated rings. The fourth-order valence-electron chi connectivity index (χ4n) is 2.99. The molecular formula is C23H25N3O4S2. The Morgan fingerprint density at radius 1 is 1.00 bits per heavy atom. The van der Waals surface area contributed by atoms with Gasteiger partial charge in [0.2, 0.25) is 0 Å². The van der Waals surface area contributed by atoms with Crippen LogP contribution in [0.2, 0.25) is 0 Å². The monoisotopic (exact) mass is 471 g/mol. The van der Waals surface area contributed by atoms with Gasteiger partial charge in [-0.3, -0.25) is 9.63 Å². The molecule has 3 aromatic rings. The van der Waals surface area contributed by atoms with E-state index in [1.165, 1.54) is 29.8 Å². The number of nitrogens with zero attached hydrogens (tertiary/aromatic N) is 3. The molecule has 3 rings (SSSR count). The number of carbonyl (C=O) groups excluding carboxylic acids is 1. The van der Waals surface area contributed by atoms with Crippen molar-refractivity contribution in [2.24, 2.45) is 4.40 Å². The molecule has 0 saturated carbocycles. The highest BCUT2D eigenvalue weighted by Crippen LogP contribution is 2.35. The molecule has 1 aromatic heterocycles. The van der Waals surface area contributed by atoms with Crippen LogP contribution in [0.25, 0.3) is 21.6 Å². The number of benzene rings is 2. The molecule has 0 spiro atoms. The minimum Gasteiger partial charge on any atom is -0.368 e. The minimum atomic E-state index is -3.74. The Morgan fingerprint density at radius 2 is 1.66 bits per heavy atom. The number of hydrogen-bond acceptors (Lipinski definition) is 5. The average Bonchev–Trinajstić information content (AvgIpc) is 3.18. The summed E-state index contributed by atoms with van der Waals surface area (Å²) in [5, 5.41) is 1.20. The number of sulfonamides is 1. The van der Waals surface area contributed by atoms with Crippen LogP contribution in [0, 0.1) is 6.92 Å². The lowest BCUT2D eigenvalue weighted by Gasteiger charge is -2.11. The van der Waals surface area contributed by atoms with E-state index in [9.17, 15) is 13.2 Å². The van der Waals surface area contributed by atoms with Gasteiger partial charge in [-0.25, -0.2) is 5.06 Å². The highest BCUT2D eigenvalue weighted by molar-refractivity contribution is 7.90. The third-order valence-corrected chi connectivity index (χ3v) is 7.23. The van der Waals surface area contributed by atoms with Crippen LogP contribution in [0.5, 0.6) is 0 Å². The van der Waals surface area contributed by atoms with E-state index in [0.29, 0.717) is 4.88 Å². The third kappa shape index (κ3) is 5.24. The predicted molar refractivity (Wildman–Crippen MR) is 128 cm³/mol. The van der Waals surface area contributed by atoms with E-state index in [2.05, 4.69) is 4.40 Å². The Kier molecular flexibility index (Phi) is 7.12. The third-order valence-electron chi connectivity index (χ3n) is 4.72. The minimum absolute atomic E-state index is 0.134. The van der Waals surface area contributed by atoms with Crippen molar-refractivity contribution >= 4 is 33.6 Å². The second-order valence-corrected chi connectivity index (χ2v) is 10.1. The van der Waals surface area contributed by atoms with Crippen molar-refractivity contribution in [3.8, 4) is 21.6 Å². The molecule has 0 unspecified atom stereocenters. The van der Waals surface area contributed by atoms with E-state index in [1.807, 2.05) is 37.3 Å². The molecule has 32 heavy (non-hydrogen) atoms. The summed E-state index contributed by atoms with van der Waals surface area (Å²) < 4.78 is 28.3. The van der Waals surface area contributed by atoms with Gasteiger partial charge in [0.05, 0.1) is 16.9 Å². The number of carbonyl (C=O) groups is 1. The summed E-state index contributed by atoms with van der Waals surface area (Å²) in [4.78, 5) is 20.7. The van der Waals surface area contributed by atoms with E-state index in [-0.39, 0.29) is 10.8 Å². The first-order valence-electron chi connectivity index (χ1n) is 9.72. The molecule has 0 saturated heterocycles. The van der Waals surface area contributed by atoms with E-state index >= 15 is 0 Å². The molecule has 0 radical (unpaired) electrons. The Balaban J connectivity index is 1.91. The molecule has 0 bridgehead atoms. The fourth-order valence-corrected chi connectivity index (χ4v) is 5.04. The summed E-state index contributed by atoms with van der Waals surface area (Å²) in [6.07, 6.45) is 1.26. The first kappa shape index (κ1) is 23.6. The lowest BCUT2D eigenvalue weighted by atomic mass is 10.0. The zero-order chi connectivity index (χ0) is 23.5. The van der Waals surface area contributed by atoms with Gasteiger partial charge in [-0.2, -0.15) is 8.42 Å². The Labute approximate surface area is 192 Å².